The minimum absolute atomic E-state index is 0.00453. The first-order chi connectivity index (χ1) is 17.4. The van der Waals surface area contributed by atoms with E-state index in [-0.39, 0.29) is 5.91 Å². The highest BCUT2D eigenvalue weighted by molar-refractivity contribution is 8.00. The number of nitrogens with zero attached hydrogens (tertiary/aromatic N) is 6. The van der Waals surface area contributed by atoms with Gasteiger partial charge in [-0.05, 0) is 67.9 Å². The van der Waals surface area contributed by atoms with E-state index in [0.29, 0.717) is 11.5 Å². The first-order valence-electron chi connectivity index (χ1n) is 12.4. The second-order valence-electron chi connectivity index (χ2n) is 9.49. The van der Waals surface area contributed by atoms with Crippen LogP contribution in [0.4, 0.5) is 23.0 Å². The number of carbonyl (C=O) groups excluding carboxylic acids is 1. The second-order valence-corrected chi connectivity index (χ2v) is 10.6. The van der Waals surface area contributed by atoms with Crippen LogP contribution in [-0.2, 0) is 0 Å². The Morgan fingerprint density at radius 2 is 1.83 bits per heavy atom. The van der Waals surface area contributed by atoms with Crippen molar-refractivity contribution in [2.75, 3.05) is 68.4 Å². The fourth-order valence-electron chi connectivity index (χ4n) is 4.51. The molecule has 1 aromatic heterocycles. The number of aromatic nitrogens is 2. The van der Waals surface area contributed by atoms with Crippen LogP contribution < -0.4 is 14.5 Å². The average Bonchev–Trinajstić information content (AvgIpc) is 2.89. The highest BCUT2D eigenvalue weighted by Gasteiger charge is 2.26. The maximum atomic E-state index is 12.6. The zero-order valence-corrected chi connectivity index (χ0v) is 22.2. The Morgan fingerprint density at radius 3 is 2.53 bits per heavy atom. The molecule has 0 spiro atoms. The van der Waals surface area contributed by atoms with Crippen molar-refractivity contribution in [1.82, 2.24) is 19.8 Å². The second kappa shape index (κ2) is 10.4. The molecule has 1 amide bonds. The Kier molecular flexibility index (Phi) is 7.02. The molecule has 0 aliphatic carbocycles. The third kappa shape index (κ3) is 4.99. The summed E-state index contributed by atoms with van der Waals surface area (Å²) in [7, 11) is 5.72. The lowest BCUT2D eigenvalue weighted by Crippen LogP contribution is -2.44. The van der Waals surface area contributed by atoms with E-state index in [1.807, 2.05) is 24.4 Å². The highest BCUT2D eigenvalue weighted by atomic mass is 32.2. The Labute approximate surface area is 217 Å². The highest BCUT2D eigenvalue weighted by Crippen LogP contribution is 2.46. The van der Waals surface area contributed by atoms with E-state index in [1.54, 1.807) is 30.9 Å². The maximum absolute atomic E-state index is 12.6. The molecular formula is C27H33N7OS. The van der Waals surface area contributed by atoms with Crippen LogP contribution in [0.15, 0.2) is 53.6 Å². The number of nitrogens with one attached hydrogen (secondary N) is 1. The normalized spacial score (nSPS) is 15.3. The van der Waals surface area contributed by atoms with Gasteiger partial charge in [0.2, 0.25) is 5.95 Å². The lowest BCUT2D eigenvalue weighted by molar-refractivity contribution is 0.0827. The van der Waals surface area contributed by atoms with E-state index >= 15 is 0 Å². The van der Waals surface area contributed by atoms with Crippen molar-refractivity contribution < 1.29 is 4.79 Å². The molecule has 36 heavy (non-hydrogen) atoms. The molecule has 188 valence electrons. The number of fused-ring (bicyclic) bond motifs is 3. The number of amides is 1. The third-order valence-electron chi connectivity index (χ3n) is 6.56. The zero-order valence-electron chi connectivity index (χ0n) is 21.4. The fraction of sp³-hybridized carbons (Fsp3) is 0.370. The standard InChI is InChI=1S/C27H33N7OS/c1-5-12-34-23-17-19(26(35)31(2)3)6-11-22(23)25-24(36-34)18-28-27(30-25)29-20-7-9-21(10-8-20)33-15-13-32(4)14-16-33/h6-11,17-18H,5,12-16H2,1-4H3,(H,28,29,30). The summed E-state index contributed by atoms with van der Waals surface area (Å²) < 4.78 is 2.23. The molecule has 2 aliphatic rings. The van der Waals surface area contributed by atoms with Crippen LogP contribution in [0.5, 0.6) is 0 Å². The lowest BCUT2D eigenvalue weighted by atomic mass is 10.0. The van der Waals surface area contributed by atoms with Gasteiger partial charge >= 0.3 is 0 Å². The summed E-state index contributed by atoms with van der Waals surface area (Å²) in [6.07, 6.45) is 2.89. The van der Waals surface area contributed by atoms with Gasteiger partial charge in [-0.15, -0.1) is 0 Å². The van der Waals surface area contributed by atoms with Crippen LogP contribution in [-0.4, -0.2) is 79.5 Å². The first-order valence-corrected chi connectivity index (χ1v) is 13.2. The average molecular weight is 504 g/mol. The van der Waals surface area contributed by atoms with Crippen LogP contribution >= 0.6 is 11.9 Å². The largest absolute Gasteiger partial charge is 0.369 e. The smallest absolute Gasteiger partial charge is 0.253 e. The number of hydrogen-bond acceptors (Lipinski definition) is 8. The van der Waals surface area contributed by atoms with Gasteiger partial charge in [0.1, 0.15) is 0 Å². The number of hydrogen-bond donors (Lipinski definition) is 1. The van der Waals surface area contributed by atoms with Crippen molar-refractivity contribution in [3.8, 4) is 11.3 Å². The molecule has 1 N–H and O–H groups in total. The Bertz CT molecular complexity index is 1240. The molecule has 2 aromatic carbocycles. The van der Waals surface area contributed by atoms with Gasteiger partial charge in [0.25, 0.3) is 5.91 Å². The summed E-state index contributed by atoms with van der Waals surface area (Å²) in [5.74, 6) is 0.556. The van der Waals surface area contributed by atoms with Gasteiger partial charge in [-0.1, -0.05) is 6.92 Å². The van der Waals surface area contributed by atoms with Gasteiger partial charge < -0.3 is 24.3 Å². The van der Waals surface area contributed by atoms with Crippen LogP contribution in [0.25, 0.3) is 11.3 Å². The van der Waals surface area contributed by atoms with Crippen LogP contribution in [0.2, 0.25) is 0 Å². The van der Waals surface area contributed by atoms with E-state index in [0.717, 1.165) is 66.7 Å². The Balaban J connectivity index is 1.39. The number of carbonyl (C=O) groups is 1. The molecule has 5 rings (SSSR count). The summed E-state index contributed by atoms with van der Waals surface area (Å²) >= 11 is 1.63. The van der Waals surface area contributed by atoms with Crippen molar-refractivity contribution in [3.05, 3.63) is 54.2 Å². The molecular weight excluding hydrogens is 470 g/mol. The number of rotatable bonds is 6. The summed E-state index contributed by atoms with van der Waals surface area (Å²) in [6, 6.07) is 14.4. The molecule has 1 saturated heterocycles. The zero-order chi connectivity index (χ0) is 25.2. The third-order valence-corrected chi connectivity index (χ3v) is 7.65. The Hall–Kier alpha value is -3.30. The van der Waals surface area contributed by atoms with E-state index in [1.165, 1.54) is 5.69 Å². The van der Waals surface area contributed by atoms with E-state index in [2.05, 4.69) is 62.6 Å². The first kappa shape index (κ1) is 24.4. The fourth-order valence-corrected chi connectivity index (χ4v) is 5.61. The van der Waals surface area contributed by atoms with Crippen LogP contribution in [0.1, 0.15) is 23.7 Å². The summed E-state index contributed by atoms with van der Waals surface area (Å²) in [6.45, 7) is 7.29. The molecule has 0 bridgehead atoms. The molecule has 1 fully saturated rings. The number of piperazine rings is 1. The molecule has 0 radical (unpaired) electrons. The summed E-state index contributed by atoms with van der Waals surface area (Å²) in [5, 5.41) is 3.37. The van der Waals surface area contributed by atoms with Crippen LogP contribution in [0, 0.1) is 0 Å². The summed E-state index contributed by atoms with van der Waals surface area (Å²) in [4.78, 5) is 29.5. The molecule has 0 atom stereocenters. The quantitative estimate of drug-likeness (QED) is 0.491. The van der Waals surface area contributed by atoms with Gasteiger partial charge in [-0.25, -0.2) is 9.97 Å². The number of anilines is 4. The van der Waals surface area contributed by atoms with Gasteiger partial charge in [0, 0.05) is 75.5 Å². The van der Waals surface area contributed by atoms with E-state index < -0.39 is 0 Å². The van der Waals surface area contributed by atoms with Gasteiger partial charge in [-0.2, -0.15) is 0 Å². The van der Waals surface area contributed by atoms with Gasteiger partial charge in [-0.3, -0.25) is 4.79 Å². The van der Waals surface area contributed by atoms with Crippen molar-refractivity contribution >= 4 is 40.9 Å². The molecule has 8 nitrogen and oxygen atoms in total. The molecule has 0 unspecified atom stereocenters. The van der Waals surface area contributed by atoms with E-state index in [9.17, 15) is 4.79 Å². The van der Waals surface area contributed by atoms with Crippen molar-refractivity contribution in [1.29, 1.82) is 0 Å². The Morgan fingerprint density at radius 1 is 1.08 bits per heavy atom. The summed E-state index contributed by atoms with van der Waals surface area (Å²) in [5.41, 5.74) is 5.79. The molecule has 2 aliphatic heterocycles. The predicted octanol–water partition coefficient (Wildman–Crippen LogP) is 4.58. The minimum atomic E-state index is -0.00453. The SMILES string of the molecule is CCCN1Sc2cnc(Nc3ccc(N4CCN(C)CC4)cc3)nc2-c2ccc(C(=O)N(C)C)cc21. The van der Waals surface area contributed by atoms with Gasteiger partial charge in [0.05, 0.1) is 16.3 Å². The van der Waals surface area contributed by atoms with Gasteiger partial charge in [0.15, 0.2) is 0 Å². The lowest BCUT2D eigenvalue weighted by Gasteiger charge is -2.34. The number of likely N-dealkylation sites (N-methyl/N-ethyl adjacent to an activating group) is 1. The maximum Gasteiger partial charge on any atom is 0.253 e. The molecule has 3 aromatic rings. The molecule has 3 heterocycles. The topological polar surface area (TPSA) is 67.8 Å². The molecule has 9 heteroatoms. The monoisotopic (exact) mass is 503 g/mol. The van der Waals surface area contributed by atoms with Crippen LogP contribution in [0.3, 0.4) is 0 Å². The van der Waals surface area contributed by atoms with Crippen molar-refractivity contribution in [2.45, 2.75) is 18.2 Å². The predicted molar refractivity (Wildman–Crippen MR) is 148 cm³/mol. The van der Waals surface area contributed by atoms with Crippen molar-refractivity contribution in [3.63, 3.8) is 0 Å². The molecule has 0 saturated carbocycles. The van der Waals surface area contributed by atoms with Crippen molar-refractivity contribution in [2.24, 2.45) is 0 Å². The van der Waals surface area contributed by atoms with E-state index in [4.69, 9.17) is 4.98 Å². The number of benzene rings is 2. The minimum Gasteiger partial charge on any atom is -0.369 e.